The van der Waals surface area contributed by atoms with E-state index in [-0.39, 0.29) is 24.0 Å². The monoisotopic (exact) mass is 379 g/mol. The van der Waals surface area contributed by atoms with E-state index in [0.29, 0.717) is 6.04 Å². The third-order valence-corrected chi connectivity index (χ3v) is 3.76. The molecule has 0 heterocycles. The third kappa shape index (κ3) is 7.80. The average Bonchev–Trinajstić information content (AvgIpc) is 2.42. The number of nitrogens with one attached hydrogen (secondary N) is 2. The Balaban J connectivity index is 0.00000324. The Hall–Kier alpha value is -0.260. The predicted molar refractivity (Wildman–Crippen MR) is 95.4 cm³/mol. The zero-order valence-electron chi connectivity index (χ0n) is 12.6. The highest BCUT2D eigenvalue weighted by Crippen LogP contribution is 2.26. The van der Waals surface area contributed by atoms with Gasteiger partial charge in [-0.2, -0.15) is 0 Å². The molecule has 0 bridgehead atoms. The van der Waals surface area contributed by atoms with E-state index < -0.39 is 0 Å². The van der Waals surface area contributed by atoms with Gasteiger partial charge in [0.05, 0.1) is 0 Å². The summed E-state index contributed by atoms with van der Waals surface area (Å²) in [5, 5.41) is 6.93. The van der Waals surface area contributed by atoms with E-state index in [1.54, 1.807) is 0 Å². The number of hydrogen-bond acceptors (Lipinski definition) is 1. The summed E-state index contributed by atoms with van der Waals surface area (Å²) < 4.78 is 0. The Morgan fingerprint density at radius 1 is 1.37 bits per heavy atom. The van der Waals surface area contributed by atoms with Crippen LogP contribution in [-0.4, -0.2) is 25.6 Å². The molecule has 3 nitrogen and oxygen atoms in total. The number of hydrogen-bond donors (Lipinski definition) is 2. The van der Waals surface area contributed by atoms with Gasteiger partial charge in [0.15, 0.2) is 5.96 Å². The third-order valence-electron chi connectivity index (χ3n) is 3.76. The molecule has 2 N–H and O–H groups in total. The van der Waals surface area contributed by atoms with E-state index in [9.17, 15) is 0 Å². The Morgan fingerprint density at radius 2 is 2.16 bits per heavy atom. The standard InChI is InChI=1S/C15H29N3.HI/c1-4-6-7-11-17-15(16-3)18-14-10-8-9-13(5-2)12-14;/h4,6,13-14H,5,7-12H2,1-3H3,(H2,16,17,18);1H/b6-4+;. The molecule has 2 unspecified atom stereocenters. The van der Waals surface area contributed by atoms with Crippen LogP contribution in [-0.2, 0) is 0 Å². The molecule has 0 aliphatic heterocycles. The van der Waals surface area contributed by atoms with Crippen molar-refractivity contribution in [1.82, 2.24) is 10.6 Å². The van der Waals surface area contributed by atoms with Crippen molar-refractivity contribution in [1.29, 1.82) is 0 Å². The second-order valence-corrected chi connectivity index (χ2v) is 5.14. The van der Waals surface area contributed by atoms with Gasteiger partial charge < -0.3 is 10.6 Å². The van der Waals surface area contributed by atoms with Crippen molar-refractivity contribution >= 4 is 29.9 Å². The summed E-state index contributed by atoms with van der Waals surface area (Å²) in [4.78, 5) is 4.30. The maximum atomic E-state index is 4.30. The number of halogens is 1. The first-order chi connectivity index (χ1) is 8.80. The molecule has 0 amide bonds. The predicted octanol–water partition coefficient (Wildman–Crippen LogP) is 3.70. The van der Waals surface area contributed by atoms with Crippen molar-refractivity contribution in [2.45, 2.75) is 58.4 Å². The van der Waals surface area contributed by atoms with E-state index >= 15 is 0 Å². The van der Waals surface area contributed by atoms with Crippen LogP contribution in [0.15, 0.2) is 17.1 Å². The minimum atomic E-state index is 0. The van der Waals surface area contributed by atoms with Crippen molar-refractivity contribution < 1.29 is 0 Å². The van der Waals surface area contributed by atoms with Crippen LogP contribution >= 0.6 is 24.0 Å². The van der Waals surface area contributed by atoms with Gasteiger partial charge in [0.1, 0.15) is 0 Å². The van der Waals surface area contributed by atoms with Crippen molar-refractivity contribution in [3.63, 3.8) is 0 Å². The summed E-state index contributed by atoms with van der Waals surface area (Å²) in [5.41, 5.74) is 0. The van der Waals surface area contributed by atoms with Crippen LogP contribution < -0.4 is 10.6 Å². The second-order valence-electron chi connectivity index (χ2n) is 5.14. The number of guanidine groups is 1. The molecule has 1 aliphatic carbocycles. The fourth-order valence-corrected chi connectivity index (χ4v) is 2.62. The number of rotatable bonds is 5. The summed E-state index contributed by atoms with van der Waals surface area (Å²) >= 11 is 0. The van der Waals surface area contributed by atoms with E-state index in [1.165, 1.54) is 32.1 Å². The lowest BCUT2D eigenvalue weighted by Crippen LogP contribution is -2.45. The molecule has 0 aromatic rings. The number of allylic oxidation sites excluding steroid dienone is 1. The van der Waals surface area contributed by atoms with Crippen molar-refractivity contribution in [2.75, 3.05) is 13.6 Å². The molecule has 2 atom stereocenters. The summed E-state index contributed by atoms with van der Waals surface area (Å²) in [6.45, 7) is 5.31. The lowest BCUT2D eigenvalue weighted by molar-refractivity contribution is 0.298. The van der Waals surface area contributed by atoms with Crippen molar-refractivity contribution in [3.05, 3.63) is 12.2 Å². The van der Waals surface area contributed by atoms with Gasteiger partial charge in [-0.3, -0.25) is 4.99 Å². The minimum absolute atomic E-state index is 0. The molecular formula is C15H30IN3. The molecule has 0 aromatic heterocycles. The Kier molecular flexibility index (Phi) is 11.4. The fourth-order valence-electron chi connectivity index (χ4n) is 2.62. The average molecular weight is 379 g/mol. The second kappa shape index (κ2) is 11.6. The maximum Gasteiger partial charge on any atom is 0.191 e. The molecule has 0 aromatic carbocycles. The van der Waals surface area contributed by atoms with Gasteiger partial charge in [-0.1, -0.05) is 38.3 Å². The Bertz CT molecular complexity index is 277. The van der Waals surface area contributed by atoms with Crippen LogP contribution in [0.1, 0.15) is 52.4 Å². The molecule has 4 heteroatoms. The maximum absolute atomic E-state index is 4.30. The zero-order chi connectivity index (χ0) is 13.2. The smallest absolute Gasteiger partial charge is 0.191 e. The minimum Gasteiger partial charge on any atom is -0.356 e. The van der Waals surface area contributed by atoms with Crippen LogP contribution in [0.25, 0.3) is 0 Å². The van der Waals surface area contributed by atoms with Crippen molar-refractivity contribution in [3.8, 4) is 0 Å². The van der Waals surface area contributed by atoms with Gasteiger partial charge in [-0.05, 0) is 32.1 Å². The van der Waals surface area contributed by atoms with Crippen LogP contribution in [0.5, 0.6) is 0 Å². The van der Waals surface area contributed by atoms with Gasteiger partial charge in [0, 0.05) is 19.6 Å². The highest BCUT2D eigenvalue weighted by atomic mass is 127. The Labute approximate surface area is 135 Å². The summed E-state index contributed by atoms with van der Waals surface area (Å²) in [5.74, 6) is 1.86. The van der Waals surface area contributed by atoms with Gasteiger partial charge in [0.2, 0.25) is 0 Å². The first kappa shape index (κ1) is 18.7. The fraction of sp³-hybridized carbons (Fsp3) is 0.800. The largest absolute Gasteiger partial charge is 0.356 e. The highest BCUT2D eigenvalue weighted by molar-refractivity contribution is 14.0. The van der Waals surface area contributed by atoms with E-state index in [0.717, 1.165) is 24.8 Å². The van der Waals surface area contributed by atoms with E-state index in [4.69, 9.17) is 0 Å². The molecule has 1 rings (SSSR count). The first-order valence-electron chi connectivity index (χ1n) is 7.38. The molecule has 1 aliphatic rings. The first-order valence-corrected chi connectivity index (χ1v) is 7.38. The quantitative estimate of drug-likeness (QED) is 0.251. The van der Waals surface area contributed by atoms with Crippen LogP contribution in [0, 0.1) is 5.92 Å². The van der Waals surface area contributed by atoms with Gasteiger partial charge in [0.25, 0.3) is 0 Å². The molecule has 1 fully saturated rings. The summed E-state index contributed by atoms with van der Waals surface area (Å²) in [6.07, 6.45) is 12.0. The lowest BCUT2D eigenvalue weighted by atomic mass is 9.84. The number of nitrogens with zero attached hydrogens (tertiary/aromatic N) is 1. The van der Waals surface area contributed by atoms with E-state index in [1.807, 2.05) is 7.05 Å². The zero-order valence-corrected chi connectivity index (χ0v) is 14.9. The van der Waals surface area contributed by atoms with Crippen LogP contribution in [0.3, 0.4) is 0 Å². The van der Waals surface area contributed by atoms with Gasteiger partial charge in [-0.25, -0.2) is 0 Å². The summed E-state index contributed by atoms with van der Waals surface area (Å²) in [7, 11) is 1.85. The van der Waals surface area contributed by atoms with Gasteiger partial charge >= 0.3 is 0 Å². The molecular weight excluding hydrogens is 349 g/mol. The summed E-state index contributed by atoms with van der Waals surface area (Å²) in [6, 6.07) is 0.608. The van der Waals surface area contributed by atoms with Crippen LogP contribution in [0.2, 0.25) is 0 Å². The molecule has 0 radical (unpaired) electrons. The molecule has 1 saturated carbocycles. The molecule has 19 heavy (non-hydrogen) atoms. The normalized spacial score (nSPS) is 24.1. The molecule has 0 saturated heterocycles. The number of aliphatic imine (C=N–C) groups is 1. The van der Waals surface area contributed by atoms with E-state index in [2.05, 4.69) is 41.6 Å². The lowest BCUT2D eigenvalue weighted by Gasteiger charge is -2.30. The SMILES string of the molecule is C/C=C/CCNC(=NC)NC1CCCC(CC)C1.I. The molecule has 112 valence electrons. The van der Waals surface area contributed by atoms with Crippen molar-refractivity contribution in [2.24, 2.45) is 10.9 Å². The topological polar surface area (TPSA) is 36.4 Å². The molecule has 0 spiro atoms. The Morgan fingerprint density at radius 3 is 2.79 bits per heavy atom. The van der Waals surface area contributed by atoms with Crippen LogP contribution in [0.4, 0.5) is 0 Å². The van der Waals surface area contributed by atoms with Gasteiger partial charge in [-0.15, -0.1) is 24.0 Å². The highest BCUT2D eigenvalue weighted by Gasteiger charge is 2.21.